The molecule has 1 aliphatic rings. The first-order valence-electron chi connectivity index (χ1n) is 8.29. The lowest BCUT2D eigenvalue weighted by Crippen LogP contribution is -2.41. The van der Waals surface area contributed by atoms with Gasteiger partial charge >= 0.3 is 0 Å². The van der Waals surface area contributed by atoms with Crippen molar-refractivity contribution in [3.8, 4) is 0 Å². The fourth-order valence-corrected chi connectivity index (χ4v) is 4.67. The van der Waals surface area contributed by atoms with Crippen molar-refractivity contribution in [3.05, 3.63) is 58.6 Å². The molecule has 5 nitrogen and oxygen atoms in total. The lowest BCUT2D eigenvalue weighted by atomic mass is 9.97. The van der Waals surface area contributed by atoms with Gasteiger partial charge in [-0.2, -0.15) is 4.31 Å². The molecule has 2 aromatic rings. The van der Waals surface area contributed by atoms with E-state index in [-0.39, 0.29) is 23.7 Å². The molecule has 1 heterocycles. The minimum atomic E-state index is -3.62. The van der Waals surface area contributed by atoms with Crippen molar-refractivity contribution in [2.24, 2.45) is 5.92 Å². The third-order valence-electron chi connectivity index (χ3n) is 4.47. The number of sulfonamides is 1. The number of anilines is 1. The van der Waals surface area contributed by atoms with E-state index >= 15 is 0 Å². The molecule has 2 aromatic carbocycles. The molecule has 0 unspecified atom stereocenters. The molecule has 0 radical (unpaired) electrons. The first kappa shape index (κ1) is 19.9. The van der Waals surface area contributed by atoms with Gasteiger partial charge in [-0.15, -0.1) is 0 Å². The van der Waals surface area contributed by atoms with Crippen molar-refractivity contribution in [3.63, 3.8) is 0 Å². The van der Waals surface area contributed by atoms with Crippen molar-refractivity contribution in [1.29, 1.82) is 0 Å². The number of piperidine rings is 1. The molecule has 0 saturated carbocycles. The molecule has 0 bridgehead atoms. The molecule has 1 aliphatic heterocycles. The average Bonchev–Trinajstić information content (AvgIpc) is 2.64. The zero-order valence-electron chi connectivity index (χ0n) is 14.2. The average molecular weight is 459 g/mol. The molecule has 144 valence electrons. The Morgan fingerprint density at radius 3 is 2.30 bits per heavy atom. The van der Waals surface area contributed by atoms with E-state index in [4.69, 9.17) is 0 Å². The van der Waals surface area contributed by atoms with Crippen LogP contribution in [0.5, 0.6) is 0 Å². The third-order valence-corrected chi connectivity index (χ3v) is 6.91. The van der Waals surface area contributed by atoms with Gasteiger partial charge in [0.05, 0.1) is 10.6 Å². The molecule has 0 atom stereocenters. The monoisotopic (exact) mass is 458 g/mol. The summed E-state index contributed by atoms with van der Waals surface area (Å²) in [6, 6.07) is 9.28. The first-order valence-corrected chi connectivity index (χ1v) is 10.5. The van der Waals surface area contributed by atoms with Gasteiger partial charge in [0.15, 0.2) is 0 Å². The van der Waals surface area contributed by atoms with E-state index in [1.165, 1.54) is 16.4 Å². The molecule has 0 aromatic heterocycles. The number of nitrogens with one attached hydrogen (secondary N) is 1. The predicted octanol–water partition coefficient (Wildman–Crippen LogP) is 3.77. The SMILES string of the molecule is O=C(Nc1ccc(F)cc1F)C1CCN(S(=O)(=O)c2ccc(Br)cc2)CC1. The molecule has 0 aliphatic carbocycles. The van der Waals surface area contributed by atoms with Crippen molar-refractivity contribution >= 4 is 37.5 Å². The molecule has 1 fully saturated rings. The third kappa shape index (κ3) is 4.53. The fourth-order valence-electron chi connectivity index (χ4n) is 2.94. The summed E-state index contributed by atoms with van der Waals surface area (Å²) in [7, 11) is -3.62. The van der Waals surface area contributed by atoms with Gasteiger partial charge in [0.25, 0.3) is 0 Å². The van der Waals surface area contributed by atoms with Gasteiger partial charge in [-0.1, -0.05) is 15.9 Å². The Morgan fingerprint density at radius 2 is 1.70 bits per heavy atom. The van der Waals surface area contributed by atoms with E-state index < -0.39 is 33.5 Å². The van der Waals surface area contributed by atoms with Crippen molar-refractivity contribution in [1.82, 2.24) is 4.31 Å². The molecule has 27 heavy (non-hydrogen) atoms. The Hall–Kier alpha value is -1.84. The lowest BCUT2D eigenvalue weighted by Gasteiger charge is -2.30. The highest BCUT2D eigenvalue weighted by molar-refractivity contribution is 9.10. The number of amides is 1. The number of hydrogen-bond acceptors (Lipinski definition) is 3. The standard InChI is InChI=1S/C18H17BrF2N2O3S/c19-13-1-4-15(5-2-13)27(25,26)23-9-7-12(8-10-23)18(24)22-17-6-3-14(20)11-16(17)21/h1-6,11-12H,7-10H2,(H,22,24). The second kappa shape index (κ2) is 8.04. The number of hydrogen-bond donors (Lipinski definition) is 1. The van der Waals surface area contributed by atoms with Crippen LogP contribution in [0, 0.1) is 17.6 Å². The van der Waals surface area contributed by atoms with Gasteiger partial charge in [-0.05, 0) is 49.2 Å². The summed E-state index contributed by atoms with van der Waals surface area (Å²) in [6.45, 7) is 0.394. The van der Waals surface area contributed by atoms with Crippen LogP contribution >= 0.6 is 15.9 Å². The Labute approximate surface area is 164 Å². The van der Waals surface area contributed by atoms with E-state index in [1.54, 1.807) is 12.1 Å². The van der Waals surface area contributed by atoms with Crippen LogP contribution in [-0.4, -0.2) is 31.7 Å². The predicted molar refractivity (Wildman–Crippen MR) is 101 cm³/mol. The summed E-state index contributed by atoms with van der Waals surface area (Å²) in [5.41, 5.74) is -0.0914. The van der Waals surface area contributed by atoms with Gasteiger partial charge < -0.3 is 5.32 Å². The largest absolute Gasteiger partial charge is 0.323 e. The van der Waals surface area contributed by atoms with Crippen LogP contribution in [0.15, 0.2) is 51.8 Å². The normalized spacial score (nSPS) is 16.3. The zero-order chi connectivity index (χ0) is 19.6. The molecule has 9 heteroatoms. The minimum absolute atomic E-state index is 0.0914. The molecular weight excluding hydrogens is 442 g/mol. The molecule has 1 N–H and O–H groups in total. The van der Waals surface area contributed by atoms with Crippen molar-refractivity contribution < 1.29 is 22.0 Å². The first-order chi connectivity index (χ1) is 12.8. The summed E-state index contributed by atoms with van der Waals surface area (Å²) in [5, 5.41) is 2.44. The van der Waals surface area contributed by atoms with E-state index in [0.29, 0.717) is 18.9 Å². The van der Waals surface area contributed by atoms with Crippen LogP contribution in [0.2, 0.25) is 0 Å². The van der Waals surface area contributed by atoms with Crippen LogP contribution in [0.25, 0.3) is 0 Å². The highest BCUT2D eigenvalue weighted by Gasteiger charge is 2.32. The number of carbonyl (C=O) groups is 1. The van der Waals surface area contributed by atoms with Gasteiger partial charge in [-0.25, -0.2) is 17.2 Å². The van der Waals surface area contributed by atoms with E-state index in [9.17, 15) is 22.0 Å². The molecule has 0 spiro atoms. The minimum Gasteiger partial charge on any atom is -0.323 e. The maximum Gasteiger partial charge on any atom is 0.243 e. The van der Waals surface area contributed by atoms with E-state index in [1.807, 2.05) is 0 Å². The van der Waals surface area contributed by atoms with Gasteiger partial charge in [0.1, 0.15) is 11.6 Å². The number of halogens is 3. The van der Waals surface area contributed by atoms with Crippen LogP contribution in [0.3, 0.4) is 0 Å². The van der Waals surface area contributed by atoms with E-state index in [0.717, 1.165) is 16.6 Å². The number of nitrogens with zero attached hydrogens (tertiary/aromatic N) is 1. The maximum atomic E-state index is 13.7. The van der Waals surface area contributed by atoms with Crippen molar-refractivity contribution in [2.45, 2.75) is 17.7 Å². The molecule has 3 rings (SSSR count). The number of rotatable bonds is 4. The topological polar surface area (TPSA) is 66.5 Å². The second-order valence-corrected chi connectivity index (χ2v) is 9.10. The molecule has 1 saturated heterocycles. The molecular formula is C18H17BrF2N2O3S. The van der Waals surface area contributed by atoms with Gasteiger partial charge in [0, 0.05) is 29.5 Å². The van der Waals surface area contributed by atoms with Crippen LogP contribution in [0.4, 0.5) is 14.5 Å². The molecule has 1 amide bonds. The highest BCUT2D eigenvalue weighted by Crippen LogP contribution is 2.26. The fraction of sp³-hybridized carbons (Fsp3) is 0.278. The highest BCUT2D eigenvalue weighted by atomic mass is 79.9. The maximum absolute atomic E-state index is 13.7. The summed E-state index contributed by atoms with van der Waals surface area (Å²) < 4.78 is 54.1. The smallest absolute Gasteiger partial charge is 0.243 e. The Balaban J connectivity index is 1.62. The van der Waals surface area contributed by atoms with Crippen LogP contribution in [-0.2, 0) is 14.8 Å². The van der Waals surface area contributed by atoms with E-state index in [2.05, 4.69) is 21.2 Å². The van der Waals surface area contributed by atoms with Crippen LogP contribution in [0.1, 0.15) is 12.8 Å². The summed E-state index contributed by atoms with van der Waals surface area (Å²) >= 11 is 3.27. The number of carbonyl (C=O) groups excluding carboxylic acids is 1. The Kier molecular flexibility index (Phi) is 5.92. The van der Waals surface area contributed by atoms with Gasteiger partial charge in [0.2, 0.25) is 15.9 Å². The zero-order valence-corrected chi connectivity index (χ0v) is 16.6. The quantitative estimate of drug-likeness (QED) is 0.758. The number of benzene rings is 2. The summed E-state index contributed by atoms with van der Waals surface area (Å²) in [6.07, 6.45) is 0.648. The van der Waals surface area contributed by atoms with Crippen molar-refractivity contribution in [2.75, 3.05) is 18.4 Å². The Morgan fingerprint density at radius 1 is 1.07 bits per heavy atom. The summed E-state index contributed by atoms with van der Waals surface area (Å²) in [5.74, 6) is -2.41. The summed E-state index contributed by atoms with van der Waals surface area (Å²) in [4.78, 5) is 12.5. The lowest BCUT2D eigenvalue weighted by molar-refractivity contribution is -0.120. The van der Waals surface area contributed by atoms with Crippen LogP contribution < -0.4 is 5.32 Å². The second-order valence-electron chi connectivity index (χ2n) is 6.25. The Bertz CT molecular complexity index is 944. The van der Waals surface area contributed by atoms with Gasteiger partial charge in [-0.3, -0.25) is 4.79 Å².